The summed E-state index contributed by atoms with van der Waals surface area (Å²) in [5.41, 5.74) is 1.71. The van der Waals surface area contributed by atoms with Crippen LogP contribution < -0.4 is 0 Å². The number of nitrogens with zero attached hydrogens (tertiary/aromatic N) is 5. The number of fused-ring (bicyclic) bond motifs is 3. The number of hydrogen-bond acceptors (Lipinski definition) is 6. The molecule has 0 radical (unpaired) electrons. The van der Waals surface area contributed by atoms with Crippen LogP contribution in [0.25, 0.3) is 16.6 Å². The van der Waals surface area contributed by atoms with Crippen LogP contribution in [-0.2, 0) is 9.53 Å². The Kier molecular flexibility index (Phi) is 4.78. The molecule has 1 aromatic carbocycles. The fraction of sp³-hybridized carbons (Fsp3) is 0.444. The third-order valence-corrected chi connectivity index (χ3v) is 5.36. The van der Waals surface area contributed by atoms with Gasteiger partial charge in [0.05, 0.1) is 24.5 Å². The molecular weight excluding hydrogens is 350 g/mol. The lowest BCUT2D eigenvalue weighted by atomic mass is 10.2. The summed E-state index contributed by atoms with van der Waals surface area (Å²) in [6.07, 6.45) is 0. The average Bonchev–Trinajstić information content (AvgIpc) is 3.10. The van der Waals surface area contributed by atoms with Crippen molar-refractivity contribution in [1.29, 1.82) is 0 Å². The summed E-state index contributed by atoms with van der Waals surface area (Å²) in [5, 5.41) is 10.4. The van der Waals surface area contributed by atoms with Gasteiger partial charge in [-0.2, -0.15) is 0 Å². The Morgan fingerprint density at radius 2 is 2.00 bits per heavy atom. The van der Waals surface area contributed by atoms with Crippen LogP contribution >= 0.6 is 11.8 Å². The molecule has 0 bridgehead atoms. The van der Waals surface area contributed by atoms with E-state index in [1.54, 1.807) is 0 Å². The Morgan fingerprint density at radius 3 is 2.77 bits per heavy atom. The number of ether oxygens (including phenoxy) is 1. The number of morpholine rings is 1. The number of rotatable bonds is 4. The van der Waals surface area contributed by atoms with E-state index in [9.17, 15) is 4.79 Å². The minimum atomic E-state index is 0.106. The molecule has 0 saturated carbocycles. The fourth-order valence-electron chi connectivity index (χ4n) is 3.10. The summed E-state index contributed by atoms with van der Waals surface area (Å²) < 4.78 is 7.30. The molecule has 3 heterocycles. The predicted molar refractivity (Wildman–Crippen MR) is 101 cm³/mol. The molecule has 136 valence electrons. The first-order chi connectivity index (χ1) is 12.6. The van der Waals surface area contributed by atoms with Crippen LogP contribution in [0.2, 0.25) is 0 Å². The Bertz CT molecular complexity index is 949. The summed E-state index contributed by atoms with van der Waals surface area (Å²) in [6.45, 7) is 6.73. The summed E-state index contributed by atoms with van der Waals surface area (Å²) in [7, 11) is 0. The first-order valence-corrected chi connectivity index (χ1v) is 9.76. The van der Waals surface area contributed by atoms with Crippen LogP contribution in [0, 0.1) is 0 Å². The zero-order chi connectivity index (χ0) is 18.1. The van der Waals surface area contributed by atoms with Crippen LogP contribution in [0.5, 0.6) is 0 Å². The molecule has 1 amide bonds. The van der Waals surface area contributed by atoms with E-state index in [4.69, 9.17) is 9.72 Å². The van der Waals surface area contributed by atoms with Gasteiger partial charge in [0.15, 0.2) is 10.8 Å². The molecule has 7 nitrogen and oxygen atoms in total. The van der Waals surface area contributed by atoms with Gasteiger partial charge in [-0.3, -0.25) is 9.20 Å². The molecule has 2 aromatic heterocycles. The third-order valence-electron chi connectivity index (χ3n) is 4.45. The van der Waals surface area contributed by atoms with Crippen molar-refractivity contribution >= 4 is 34.2 Å². The molecule has 3 aromatic rings. The number of carbonyl (C=O) groups is 1. The standard InChI is InChI=1S/C18H21N5O2S/c1-12(2)16-19-14-6-4-3-5-13(14)17-20-21-18(23(16)17)26-11-15(24)22-7-9-25-10-8-22/h3-6,12H,7-11H2,1-2H3. The molecule has 0 N–H and O–H groups in total. The Balaban J connectivity index is 1.67. The minimum Gasteiger partial charge on any atom is -0.378 e. The SMILES string of the molecule is CC(C)c1nc2ccccc2c2nnc(SCC(=O)N3CCOCC3)n12. The molecule has 0 atom stereocenters. The van der Waals surface area contributed by atoms with Crippen LogP contribution in [0.1, 0.15) is 25.6 Å². The van der Waals surface area contributed by atoms with E-state index in [1.165, 1.54) is 11.8 Å². The highest BCUT2D eigenvalue weighted by atomic mass is 32.2. The van der Waals surface area contributed by atoms with Crippen molar-refractivity contribution in [3.63, 3.8) is 0 Å². The number of amides is 1. The molecular formula is C18H21N5O2S. The molecule has 8 heteroatoms. The monoisotopic (exact) mass is 371 g/mol. The molecule has 0 spiro atoms. The zero-order valence-corrected chi connectivity index (χ0v) is 15.7. The highest BCUT2D eigenvalue weighted by Crippen LogP contribution is 2.27. The Labute approximate surface area is 155 Å². The van der Waals surface area contributed by atoms with Gasteiger partial charge >= 0.3 is 0 Å². The number of thioether (sulfide) groups is 1. The summed E-state index contributed by atoms with van der Waals surface area (Å²) in [5.74, 6) is 1.57. The zero-order valence-electron chi connectivity index (χ0n) is 14.9. The number of benzene rings is 1. The smallest absolute Gasteiger partial charge is 0.233 e. The topological polar surface area (TPSA) is 72.6 Å². The van der Waals surface area contributed by atoms with Gasteiger partial charge in [-0.25, -0.2) is 4.98 Å². The van der Waals surface area contributed by atoms with Crippen LogP contribution in [0.4, 0.5) is 0 Å². The fourth-order valence-corrected chi connectivity index (χ4v) is 3.94. The average molecular weight is 371 g/mol. The molecule has 1 fully saturated rings. The normalized spacial score (nSPS) is 15.3. The van der Waals surface area contributed by atoms with E-state index in [2.05, 4.69) is 24.0 Å². The van der Waals surface area contributed by atoms with Gasteiger partial charge in [-0.15, -0.1) is 10.2 Å². The van der Waals surface area contributed by atoms with E-state index < -0.39 is 0 Å². The lowest BCUT2D eigenvalue weighted by molar-refractivity contribution is -0.132. The van der Waals surface area contributed by atoms with Gasteiger partial charge in [0.2, 0.25) is 5.91 Å². The first kappa shape index (κ1) is 17.2. The molecule has 0 aliphatic carbocycles. The molecule has 4 rings (SSSR count). The maximum absolute atomic E-state index is 12.4. The van der Waals surface area contributed by atoms with E-state index in [-0.39, 0.29) is 11.8 Å². The van der Waals surface area contributed by atoms with Crippen molar-refractivity contribution in [2.24, 2.45) is 0 Å². The van der Waals surface area contributed by atoms with Gasteiger partial charge in [0, 0.05) is 24.4 Å². The highest BCUT2D eigenvalue weighted by Gasteiger charge is 2.20. The second-order valence-electron chi connectivity index (χ2n) is 6.57. The number of para-hydroxylation sites is 1. The molecule has 26 heavy (non-hydrogen) atoms. The third kappa shape index (κ3) is 3.14. The van der Waals surface area contributed by atoms with Gasteiger partial charge in [0.1, 0.15) is 5.82 Å². The molecule has 0 unspecified atom stereocenters. The van der Waals surface area contributed by atoms with E-state index >= 15 is 0 Å². The predicted octanol–water partition coefficient (Wildman–Crippen LogP) is 2.35. The largest absolute Gasteiger partial charge is 0.378 e. The van der Waals surface area contributed by atoms with E-state index in [1.807, 2.05) is 33.6 Å². The number of hydrogen-bond donors (Lipinski definition) is 0. The van der Waals surface area contributed by atoms with Gasteiger partial charge in [-0.1, -0.05) is 37.7 Å². The minimum absolute atomic E-state index is 0.106. The summed E-state index contributed by atoms with van der Waals surface area (Å²) in [4.78, 5) is 19.1. The van der Waals surface area contributed by atoms with E-state index in [0.717, 1.165) is 22.4 Å². The quantitative estimate of drug-likeness (QED) is 0.656. The number of carbonyl (C=O) groups excluding carboxylic acids is 1. The Hall–Kier alpha value is -2.19. The van der Waals surface area contributed by atoms with Crippen molar-refractivity contribution < 1.29 is 9.53 Å². The van der Waals surface area contributed by atoms with Gasteiger partial charge in [0.25, 0.3) is 0 Å². The summed E-state index contributed by atoms with van der Waals surface area (Å²) in [6, 6.07) is 7.94. The Morgan fingerprint density at radius 1 is 1.23 bits per heavy atom. The van der Waals surface area contributed by atoms with Crippen molar-refractivity contribution in [1.82, 2.24) is 24.5 Å². The van der Waals surface area contributed by atoms with Crippen molar-refractivity contribution in [3.05, 3.63) is 30.1 Å². The lowest BCUT2D eigenvalue weighted by Crippen LogP contribution is -2.41. The summed E-state index contributed by atoms with van der Waals surface area (Å²) >= 11 is 1.42. The first-order valence-electron chi connectivity index (χ1n) is 8.77. The second-order valence-corrected chi connectivity index (χ2v) is 7.51. The van der Waals surface area contributed by atoms with Gasteiger partial charge < -0.3 is 9.64 Å². The molecule has 1 aliphatic rings. The molecule has 1 aliphatic heterocycles. The number of aromatic nitrogens is 4. The van der Waals surface area contributed by atoms with Crippen LogP contribution in [0.3, 0.4) is 0 Å². The van der Waals surface area contributed by atoms with Crippen molar-refractivity contribution in [2.75, 3.05) is 32.1 Å². The van der Waals surface area contributed by atoms with E-state index in [0.29, 0.717) is 37.2 Å². The molecule has 1 saturated heterocycles. The highest BCUT2D eigenvalue weighted by molar-refractivity contribution is 7.99. The van der Waals surface area contributed by atoms with Gasteiger partial charge in [-0.05, 0) is 12.1 Å². The van der Waals surface area contributed by atoms with Crippen LogP contribution in [0.15, 0.2) is 29.4 Å². The maximum atomic E-state index is 12.4. The van der Waals surface area contributed by atoms with Crippen molar-refractivity contribution in [3.8, 4) is 0 Å². The lowest BCUT2D eigenvalue weighted by Gasteiger charge is -2.26. The maximum Gasteiger partial charge on any atom is 0.233 e. The van der Waals surface area contributed by atoms with Crippen LogP contribution in [-0.4, -0.2) is 62.4 Å². The van der Waals surface area contributed by atoms with Crippen molar-refractivity contribution in [2.45, 2.75) is 24.9 Å². The second kappa shape index (κ2) is 7.20.